The van der Waals surface area contributed by atoms with Crippen LogP contribution in [0.2, 0.25) is 10.0 Å². The number of nitrogens with one attached hydrogen (secondary N) is 1. The molecule has 0 amide bonds. The molecule has 5 heteroatoms. The third kappa shape index (κ3) is 4.07. The Morgan fingerprint density at radius 2 is 1.89 bits per heavy atom. The highest BCUT2D eigenvalue weighted by Gasteiger charge is 2.23. The summed E-state index contributed by atoms with van der Waals surface area (Å²) in [5.74, 6) is 0. The van der Waals surface area contributed by atoms with Crippen molar-refractivity contribution in [2.75, 3.05) is 46.8 Å². The van der Waals surface area contributed by atoms with E-state index in [9.17, 15) is 0 Å². The average molecular weight is 302 g/mol. The third-order valence-electron chi connectivity index (χ3n) is 3.46. The fraction of sp³-hybridized carbons (Fsp3) is 0.571. The molecule has 0 aromatic heterocycles. The van der Waals surface area contributed by atoms with Crippen LogP contribution in [0, 0.1) is 0 Å². The fourth-order valence-corrected chi connectivity index (χ4v) is 2.80. The summed E-state index contributed by atoms with van der Waals surface area (Å²) in [7, 11) is 4.21. The van der Waals surface area contributed by atoms with Crippen LogP contribution < -0.4 is 5.32 Å². The van der Waals surface area contributed by atoms with Crippen LogP contribution in [0.25, 0.3) is 0 Å². The molecule has 1 atom stereocenters. The number of nitrogens with zero attached hydrogens (tertiary/aromatic N) is 2. The topological polar surface area (TPSA) is 18.5 Å². The predicted octanol–water partition coefficient (Wildman–Crippen LogP) is 2.50. The van der Waals surface area contributed by atoms with Crippen LogP contribution in [-0.2, 0) is 0 Å². The zero-order valence-corrected chi connectivity index (χ0v) is 13.0. The van der Waals surface area contributed by atoms with Gasteiger partial charge >= 0.3 is 0 Å². The quantitative estimate of drug-likeness (QED) is 0.922. The molecule has 0 spiro atoms. The maximum absolute atomic E-state index is 6.16. The number of likely N-dealkylation sites (N-methyl/N-ethyl adjacent to an activating group) is 1. The molecule has 1 N–H and O–H groups in total. The molecule has 1 aliphatic rings. The zero-order chi connectivity index (χ0) is 13.8. The van der Waals surface area contributed by atoms with Crippen molar-refractivity contribution in [2.45, 2.75) is 6.04 Å². The van der Waals surface area contributed by atoms with Gasteiger partial charge in [0, 0.05) is 38.8 Å². The van der Waals surface area contributed by atoms with Crippen molar-refractivity contribution in [2.24, 2.45) is 0 Å². The maximum Gasteiger partial charge on any atom is 0.0595 e. The molecular weight excluding hydrogens is 281 g/mol. The fourth-order valence-electron chi connectivity index (χ4n) is 2.49. The largest absolute Gasteiger partial charge is 0.314 e. The molecule has 2 rings (SSSR count). The molecule has 1 heterocycles. The van der Waals surface area contributed by atoms with E-state index < -0.39 is 0 Å². The van der Waals surface area contributed by atoms with Gasteiger partial charge in [-0.05, 0) is 31.8 Å². The van der Waals surface area contributed by atoms with E-state index in [1.807, 2.05) is 12.1 Å². The summed E-state index contributed by atoms with van der Waals surface area (Å²) in [5, 5.41) is 4.65. The van der Waals surface area contributed by atoms with Gasteiger partial charge in [0.2, 0.25) is 0 Å². The van der Waals surface area contributed by atoms with Crippen molar-refractivity contribution in [1.82, 2.24) is 15.1 Å². The number of hydrogen-bond acceptors (Lipinski definition) is 3. The second kappa shape index (κ2) is 6.91. The van der Waals surface area contributed by atoms with Crippen molar-refractivity contribution in [3.05, 3.63) is 33.8 Å². The minimum absolute atomic E-state index is 0.367. The Morgan fingerprint density at radius 1 is 1.21 bits per heavy atom. The first kappa shape index (κ1) is 15.1. The second-order valence-corrected chi connectivity index (χ2v) is 6.05. The average Bonchev–Trinajstić information content (AvgIpc) is 2.40. The van der Waals surface area contributed by atoms with E-state index in [1.54, 1.807) is 0 Å². The molecule has 1 fully saturated rings. The first-order valence-corrected chi connectivity index (χ1v) is 7.38. The number of halogens is 2. The molecule has 0 saturated carbocycles. The van der Waals surface area contributed by atoms with Gasteiger partial charge in [-0.1, -0.05) is 29.3 Å². The van der Waals surface area contributed by atoms with Crippen LogP contribution in [0.15, 0.2) is 18.2 Å². The Morgan fingerprint density at radius 3 is 2.47 bits per heavy atom. The van der Waals surface area contributed by atoms with Gasteiger partial charge < -0.3 is 10.2 Å². The van der Waals surface area contributed by atoms with Gasteiger partial charge in [0.15, 0.2) is 0 Å². The number of benzene rings is 1. The second-order valence-electron chi connectivity index (χ2n) is 5.24. The van der Waals surface area contributed by atoms with Crippen LogP contribution in [0.5, 0.6) is 0 Å². The summed E-state index contributed by atoms with van der Waals surface area (Å²) in [4.78, 5) is 4.73. The predicted molar refractivity (Wildman–Crippen MR) is 82.2 cm³/mol. The van der Waals surface area contributed by atoms with E-state index in [1.165, 1.54) is 5.56 Å². The molecular formula is C14H21Cl2N3. The lowest BCUT2D eigenvalue weighted by Gasteiger charge is -2.36. The number of rotatable bonds is 4. The van der Waals surface area contributed by atoms with Gasteiger partial charge in [0.1, 0.15) is 0 Å². The molecule has 1 aromatic rings. The van der Waals surface area contributed by atoms with Crippen LogP contribution >= 0.6 is 23.2 Å². The van der Waals surface area contributed by atoms with Gasteiger partial charge in [-0.2, -0.15) is 0 Å². The van der Waals surface area contributed by atoms with Gasteiger partial charge in [-0.15, -0.1) is 0 Å². The lowest BCUT2D eigenvalue weighted by Crippen LogP contribution is -2.47. The molecule has 1 unspecified atom stereocenters. The Bertz CT molecular complexity index is 417. The summed E-state index contributed by atoms with van der Waals surface area (Å²) >= 11 is 12.2. The molecule has 1 aromatic carbocycles. The summed E-state index contributed by atoms with van der Waals surface area (Å²) < 4.78 is 0. The Balaban J connectivity index is 2.22. The van der Waals surface area contributed by atoms with Crippen molar-refractivity contribution >= 4 is 23.2 Å². The first-order chi connectivity index (χ1) is 9.08. The molecule has 0 bridgehead atoms. The normalized spacial score (nSPS) is 18.8. The summed E-state index contributed by atoms with van der Waals surface area (Å²) in [5.41, 5.74) is 1.24. The van der Waals surface area contributed by atoms with Gasteiger partial charge in [0.05, 0.1) is 10.0 Å². The first-order valence-electron chi connectivity index (χ1n) is 6.62. The highest BCUT2D eigenvalue weighted by Crippen LogP contribution is 2.29. The van der Waals surface area contributed by atoms with Gasteiger partial charge in [-0.25, -0.2) is 0 Å². The number of piperazine rings is 1. The summed E-state index contributed by atoms with van der Waals surface area (Å²) in [6.07, 6.45) is 0. The lowest BCUT2D eigenvalue weighted by atomic mass is 10.0. The van der Waals surface area contributed by atoms with Crippen molar-refractivity contribution in [1.29, 1.82) is 0 Å². The lowest BCUT2D eigenvalue weighted by molar-refractivity contribution is 0.145. The molecule has 19 heavy (non-hydrogen) atoms. The van der Waals surface area contributed by atoms with E-state index in [2.05, 4.69) is 35.3 Å². The molecule has 1 saturated heterocycles. The van der Waals surface area contributed by atoms with Crippen molar-refractivity contribution in [3.63, 3.8) is 0 Å². The zero-order valence-electron chi connectivity index (χ0n) is 11.5. The van der Waals surface area contributed by atoms with Crippen molar-refractivity contribution in [3.8, 4) is 0 Å². The Kier molecular flexibility index (Phi) is 5.48. The highest BCUT2D eigenvalue weighted by atomic mass is 35.5. The van der Waals surface area contributed by atoms with E-state index in [4.69, 9.17) is 23.2 Å². The maximum atomic E-state index is 6.16. The summed E-state index contributed by atoms with van der Waals surface area (Å²) in [6, 6.07) is 6.35. The molecule has 106 valence electrons. The van der Waals surface area contributed by atoms with E-state index in [0.717, 1.165) is 32.7 Å². The SMILES string of the molecule is CN(C)CC(c1ccc(Cl)c(Cl)c1)N1CCNCC1. The van der Waals surface area contributed by atoms with E-state index in [0.29, 0.717) is 16.1 Å². The molecule has 1 aliphatic heterocycles. The standard InChI is InChI=1S/C14H21Cl2N3/c1-18(2)10-14(19-7-5-17-6-8-19)11-3-4-12(15)13(16)9-11/h3-4,9,14,17H,5-8,10H2,1-2H3. The molecule has 0 radical (unpaired) electrons. The highest BCUT2D eigenvalue weighted by molar-refractivity contribution is 6.42. The summed E-state index contributed by atoms with van der Waals surface area (Å²) in [6.45, 7) is 5.21. The van der Waals surface area contributed by atoms with E-state index in [-0.39, 0.29) is 0 Å². The molecule has 0 aliphatic carbocycles. The minimum Gasteiger partial charge on any atom is -0.314 e. The van der Waals surface area contributed by atoms with E-state index >= 15 is 0 Å². The van der Waals surface area contributed by atoms with Crippen LogP contribution in [0.1, 0.15) is 11.6 Å². The van der Waals surface area contributed by atoms with Gasteiger partial charge in [-0.3, -0.25) is 4.90 Å². The van der Waals surface area contributed by atoms with Crippen molar-refractivity contribution < 1.29 is 0 Å². The van der Waals surface area contributed by atoms with Crippen LogP contribution in [-0.4, -0.2) is 56.6 Å². The van der Waals surface area contributed by atoms with Crippen LogP contribution in [0.3, 0.4) is 0 Å². The smallest absolute Gasteiger partial charge is 0.0595 e. The number of hydrogen-bond donors (Lipinski definition) is 1. The van der Waals surface area contributed by atoms with Gasteiger partial charge in [0.25, 0.3) is 0 Å². The van der Waals surface area contributed by atoms with Crippen LogP contribution in [0.4, 0.5) is 0 Å². The minimum atomic E-state index is 0.367. The third-order valence-corrected chi connectivity index (χ3v) is 4.20. The molecule has 3 nitrogen and oxygen atoms in total. The Labute approximate surface area is 125 Å². The Hall–Kier alpha value is -0.320. The monoisotopic (exact) mass is 301 g/mol.